The average molecular weight is 272 g/mol. The molecule has 0 amide bonds. The van der Waals surface area contributed by atoms with Gasteiger partial charge in [-0.1, -0.05) is 50.7 Å². The van der Waals surface area contributed by atoms with Crippen molar-refractivity contribution in [1.82, 2.24) is 0 Å². The molecule has 0 aliphatic carbocycles. The Morgan fingerprint density at radius 1 is 0.895 bits per heavy atom. The van der Waals surface area contributed by atoms with Crippen molar-refractivity contribution in [1.29, 1.82) is 0 Å². The highest BCUT2D eigenvalue weighted by atomic mass is 32.2. The SMILES string of the molecule is COc1cccc(Sc2ccc(C(C)(C)C)cc2)c1. The summed E-state index contributed by atoms with van der Waals surface area (Å²) in [7, 11) is 1.70. The van der Waals surface area contributed by atoms with E-state index in [1.165, 1.54) is 15.4 Å². The topological polar surface area (TPSA) is 9.23 Å². The first kappa shape index (κ1) is 14.0. The van der Waals surface area contributed by atoms with E-state index >= 15 is 0 Å². The maximum atomic E-state index is 5.24. The fraction of sp³-hybridized carbons (Fsp3) is 0.294. The van der Waals surface area contributed by atoms with Gasteiger partial charge >= 0.3 is 0 Å². The molecule has 0 aliphatic rings. The lowest BCUT2D eigenvalue weighted by Crippen LogP contribution is -2.10. The van der Waals surface area contributed by atoms with Gasteiger partial charge in [-0.15, -0.1) is 0 Å². The van der Waals surface area contributed by atoms with Crippen molar-refractivity contribution in [3.05, 3.63) is 54.1 Å². The first-order valence-electron chi connectivity index (χ1n) is 6.41. The van der Waals surface area contributed by atoms with Crippen LogP contribution in [0.3, 0.4) is 0 Å². The van der Waals surface area contributed by atoms with E-state index in [4.69, 9.17) is 4.74 Å². The zero-order valence-corrected chi connectivity index (χ0v) is 12.8. The molecule has 100 valence electrons. The molecule has 0 aromatic heterocycles. The molecule has 0 spiro atoms. The Labute approximate surface area is 120 Å². The summed E-state index contributed by atoms with van der Waals surface area (Å²) in [6.07, 6.45) is 0. The van der Waals surface area contributed by atoms with Crippen LogP contribution in [0.2, 0.25) is 0 Å². The van der Waals surface area contributed by atoms with Gasteiger partial charge in [0.05, 0.1) is 7.11 Å². The van der Waals surface area contributed by atoms with Crippen molar-refractivity contribution >= 4 is 11.8 Å². The second kappa shape index (κ2) is 5.70. The van der Waals surface area contributed by atoms with E-state index in [-0.39, 0.29) is 5.41 Å². The predicted octanol–water partition coefficient (Wildman–Crippen LogP) is 5.14. The minimum atomic E-state index is 0.208. The third-order valence-electron chi connectivity index (χ3n) is 3.00. The number of benzene rings is 2. The van der Waals surface area contributed by atoms with Crippen LogP contribution in [0, 0.1) is 0 Å². The van der Waals surface area contributed by atoms with Gasteiger partial charge < -0.3 is 4.74 Å². The van der Waals surface area contributed by atoms with E-state index in [1.807, 2.05) is 12.1 Å². The van der Waals surface area contributed by atoms with Crippen LogP contribution in [-0.4, -0.2) is 7.11 Å². The maximum absolute atomic E-state index is 5.24. The highest BCUT2D eigenvalue weighted by Gasteiger charge is 2.12. The Morgan fingerprint density at radius 2 is 1.58 bits per heavy atom. The van der Waals surface area contributed by atoms with Crippen molar-refractivity contribution in [3.63, 3.8) is 0 Å². The molecule has 0 saturated heterocycles. The molecule has 2 aromatic carbocycles. The smallest absolute Gasteiger partial charge is 0.119 e. The quantitative estimate of drug-likeness (QED) is 0.764. The molecule has 0 bridgehead atoms. The summed E-state index contributed by atoms with van der Waals surface area (Å²) in [5.41, 5.74) is 1.57. The molecule has 0 aliphatic heterocycles. The van der Waals surface area contributed by atoms with Crippen molar-refractivity contribution in [2.75, 3.05) is 7.11 Å². The van der Waals surface area contributed by atoms with Gasteiger partial charge in [-0.05, 0) is 41.3 Å². The summed E-state index contributed by atoms with van der Waals surface area (Å²) in [4.78, 5) is 2.45. The molecule has 0 N–H and O–H groups in total. The molecule has 0 saturated carbocycles. The van der Waals surface area contributed by atoms with Gasteiger partial charge in [-0.25, -0.2) is 0 Å². The summed E-state index contributed by atoms with van der Waals surface area (Å²) in [5.74, 6) is 0.899. The summed E-state index contributed by atoms with van der Waals surface area (Å²) < 4.78 is 5.24. The number of ether oxygens (including phenoxy) is 1. The molecule has 2 heteroatoms. The number of hydrogen-bond donors (Lipinski definition) is 0. The Morgan fingerprint density at radius 3 is 2.16 bits per heavy atom. The van der Waals surface area contributed by atoms with E-state index in [0.717, 1.165) is 5.75 Å². The molecule has 0 fully saturated rings. The third kappa shape index (κ3) is 3.77. The Kier molecular flexibility index (Phi) is 4.20. The lowest BCUT2D eigenvalue weighted by atomic mass is 9.87. The molecule has 0 heterocycles. The molecular weight excluding hydrogens is 252 g/mol. The maximum Gasteiger partial charge on any atom is 0.119 e. The zero-order valence-electron chi connectivity index (χ0n) is 11.9. The van der Waals surface area contributed by atoms with Crippen LogP contribution in [-0.2, 0) is 5.41 Å². The Hall–Kier alpha value is -1.41. The first-order chi connectivity index (χ1) is 8.99. The van der Waals surface area contributed by atoms with Crippen LogP contribution < -0.4 is 4.74 Å². The van der Waals surface area contributed by atoms with Gasteiger partial charge in [0.15, 0.2) is 0 Å². The summed E-state index contributed by atoms with van der Waals surface area (Å²) in [5, 5.41) is 0. The van der Waals surface area contributed by atoms with Crippen molar-refractivity contribution in [3.8, 4) is 5.75 Å². The number of rotatable bonds is 3. The second-order valence-corrected chi connectivity index (χ2v) is 6.70. The first-order valence-corrected chi connectivity index (χ1v) is 7.23. The van der Waals surface area contributed by atoms with Gasteiger partial charge in [-0.3, -0.25) is 0 Å². The molecule has 1 nitrogen and oxygen atoms in total. The van der Waals surface area contributed by atoms with Crippen molar-refractivity contribution in [2.24, 2.45) is 0 Å². The third-order valence-corrected chi connectivity index (χ3v) is 3.99. The number of methoxy groups -OCH3 is 1. The van der Waals surface area contributed by atoms with Crippen LogP contribution in [0.4, 0.5) is 0 Å². The summed E-state index contributed by atoms with van der Waals surface area (Å²) in [6.45, 7) is 6.70. The normalized spacial score (nSPS) is 11.4. The van der Waals surface area contributed by atoms with Crippen LogP contribution in [0.5, 0.6) is 5.75 Å². The molecule has 0 unspecified atom stereocenters. The zero-order chi connectivity index (χ0) is 13.9. The standard InChI is InChI=1S/C17H20OS/c1-17(2,3)13-8-10-15(11-9-13)19-16-7-5-6-14(12-16)18-4/h5-12H,1-4H3. The summed E-state index contributed by atoms with van der Waals surface area (Å²) >= 11 is 1.76. The van der Waals surface area contributed by atoms with E-state index in [9.17, 15) is 0 Å². The highest BCUT2D eigenvalue weighted by molar-refractivity contribution is 7.99. The van der Waals surface area contributed by atoms with E-state index in [1.54, 1.807) is 18.9 Å². The lowest BCUT2D eigenvalue weighted by molar-refractivity contribution is 0.413. The van der Waals surface area contributed by atoms with Crippen molar-refractivity contribution < 1.29 is 4.74 Å². The van der Waals surface area contributed by atoms with Gasteiger partial charge in [0, 0.05) is 9.79 Å². The second-order valence-electron chi connectivity index (χ2n) is 5.56. The molecular formula is C17H20OS. The van der Waals surface area contributed by atoms with Crippen LogP contribution in [0.15, 0.2) is 58.3 Å². The van der Waals surface area contributed by atoms with Gasteiger partial charge in [0.25, 0.3) is 0 Å². The van der Waals surface area contributed by atoms with E-state index < -0.39 is 0 Å². The molecule has 2 rings (SSSR count). The van der Waals surface area contributed by atoms with Gasteiger partial charge in [-0.2, -0.15) is 0 Å². The van der Waals surface area contributed by atoms with E-state index in [2.05, 4.69) is 57.2 Å². The fourth-order valence-electron chi connectivity index (χ4n) is 1.82. The molecule has 19 heavy (non-hydrogen) atoms. The monoisotopic (exact) mass is 272 g/mol. The van der Waals surface area contributed by atoms with E-state index in [0.29, 0.717) is 0 Å². The number of hydrogen-bond acceptors (Lipinski definition) is 2. The molecule has 2 aromatic rings. The fourth-order valence-corrected chi connectivity index (χ4v) is 2.69. The molecule has 0 radical (unpaired) electrons. The van der Waals surface area contributed by atoms with Crippen molar-refractivity contribution in [2.45, 2.75) is 36.0 Å². The average Bonchev–Trinajstić information content (AvgIpc) is 2.38. The van der Waals surface area contributed by atoms with Gasteiger partial charge in [0.2, 0.25) is 0 Å². The minimum Gasteiger partial charge on any atom is -0.497 e. The Bertz CT molecular complexity index is 538. The highest BCUT2D eigenvalue weighted by Crippen LogP contribution is 2.31. The minimum absolute atomic E-state index is 0.208. The summed E-state index contributed by atoms with van der Waals surface area (Å²) in [6, 6.07) is 16.9. The van der Waals surface area contributed by atoms with Crippen LogP contribution in [0.1, 0.15) is 26.3 Å². The largest absolute Gasteiger partial charge is 0.497 e. The Balaban J connectivity index is 2.15. The molecule has 0 atom stereocenters. The van der Waals surface area contributed by atoms with Gasteiger partial charge in [0.1, 0.15) is 5.75 Å². The van der Waals surface area contributed by atoms with Crippen LogP contribution >= 0.6 is 11.8 Å². The van der Waals surface area contributed by atoms with Crippen LogP contribution in [0.25, 0.3) is 0 Å². The lowest BCUT2D eigenvalue weighted by Gasteiger charge is -2.19. The predicted molar refractivity (Wildman–Crippen MR) is 82.3 cm³/mol.